The first-order valence-corrected chi connectivity index (χ1v) is 11.6. The van der Waals surface area contributed by atoms with Gasteiger partial charge in [-0.05, 0) is 44.2 Å². The lowest BCUT2D eigenvalue weighted by Gasteiger charge is -2.33. The Morgan fingerprint density at radius 3 is 2.46 bits per heavy atom. The maximum absolute atomic E-state index is 12.9. The van der Waals surface area contributed by atoms with E-state index in [1.54, 1.807) is 27.8 Å². The highest BCUT2D eigenvalue weighted by atomic mass is 32.2. The number of hydrogen-bond acceptors (Lipinski definition) is 6. The second-order valence-electron chi connectivity index (χ2n) is 6.76. The van der Waals surface area contributed by atoms with Gasteiger partial charge in [-0.25, -0.2) is 13.4 Å². The van der Waals surface area contributed by atoms with Gasteiger partial charge in [0, 0.05) is 26.2 Å². The molecule has 4 rings (SSSR count). The summed E-state index contributed by atoms with van der Waals surface area (Å²) in [4.78, 5) is 7.23. The molecule has 0 aliphatic carbocycles. The molecule has 1 fully saturated rings. The van der Waals surface area contributed by atoms with Gasteiger partial charge in [0.1, 0.15) is 5.75 Å². The van der Waals surface area contributed by atoms with Gasteiger partial charge in [0.05, 0.1) is 21.7 Å². The molecular formula is C20H23N3O3S2. The fourth-order valence-electron chi connectivity index (χ4n) is 3.26. The number of aryl methyl sites for hydroxylation is 1. The number of thiazole rings is 1. The Bertz CT molecular complexity index is 1070. The van der Waals surface area contributed by atoms with Crippen LogP contribution in [0.5, 0.6) is 5.75 Å². The molecule has 8 heteroatoms. The Kier molecular flexibility index (Phi) is 5.27. The molecule has 0 atom stereocenters. The van der Waals surface area contributed by atoms with Gasteiger partial charge in [-0.2, -0.15) is 4.31 Å². The van der Waals surface area contributed by atoms with Crippen LogP contribution < -0.4 is 9.64 Å². The zero-order valence-electron chi connectivity index (χ0n) is 16.0. The number of aromatic nitrogens is 1. The first kappa shape index (κ1) is 19.2. The number of fused-ring (bicyclic) bond motifs is 1. The van der Waals surface area contributed by atoms with Gasteiger partial charge in [0.25, 0.3) is 0 Å². The van der Waals surface area contributed by atoms with Crippen LogP contribution in [-0.2, 0) is 10.0 Å². The number of sulfonamides is 1. The highest BCUT2D eigenvalue weighted by Crippen LogP contribution is 2.32. The quantitative estimate of drug-likeness (QED) is 0.636. The van der Waals surface area contributed by atoms with Crippen molar-refractivity contribution >= 4 is 36.7 Å². The normalized spacial score (nSPS) is 15.9. The molecule has 28 heavy (non-hydrogen) atoms. The van der Waals surface area contributed by atoms with Gasteiger partial charge in [0.2, 0.25) is 10.0 Å². The number of piperazine rings is 1. The average molecular weight is 418 g/mol. The lowest BCUT2D eigenvalue weighted by molar-refractivity contribution is 0.341. The van der Waals surface area contributed by atoms with E-state index in [1.165, 1.54) is 0 Å². The number of anilines is 1. The number of ether oxygens (including phenoxy) is 1. The predicted octanol–water partition coefficient (Wildman–Crippen LogP) is 3.51. The van der Waals surface area contributed by atoms with E-state index in [0.717, 1.165) is 26.7 Å². The van der Waals surface area contributed by atoms with Crippen molar-refractivity contribution in [2.75, 3.05) is 37.7 Å². The minimum Gasteiger partial charge on any atom is -0.494 e. The maximum Gasteiger partial charge on any atom is 0.243 e. The minimum absolute atomic E-state index is 0.356. The molecule has 1 aromatic heterocycles. The van der Waals surface area contributed by atoms with Gasteiger partial charge < -0.3 is 9.64 Å². The minimum atomic E-state index is -3.45. The molecule has 1 aliphatic rings. The first-order chi connectivity index (χ1) is 13.5. The van der Waals surface area contributed by atoms with E-state index in [1.807, 2.05) is 44.2 Å². The molecule has 1 aliphatic heterocycles. The van der Waals surface area contributed by atoms with Crippen LogP contribution >= 0.6 is 11.3 Å². The number of hydrogen-bond donors (Lipinski definition) is 0. The highest BCUT2D eigenvalue weighted by Gasteiger charge is 2.29. The fraction of sp³-hybridized carbons (Fsp3) is 0.350. The SMILES string of the molecule is CCOc1ccc2nc(N3CCN(S(=O)(=O)c4ccc(C)cc4)CC3)sc2c1. The summed E-state index contributed by atoms with van der Waals surface area (Å²) in [5.74, 6) is 0.846. The predicted molar refractivity (Wildman–Crippen MR) is 113 cm³/mol. The van der Waals surface area contributed by atoms with Gasteiger partial charge >= 0.3 is 0 Å². The maximum atomic E-state index is 12.9. The molecule has 2 aromatic carbocycles. The monoisotopic (exact) mass is 417 g/mol. The Morgan fingerprint density at radius 1 is 1.07 bits per heavy atom. The van der Waals surface area contributed by atoms with Gasteiger partial charge in [0.15, 0.2) is 5.13 Å². The Morgan fingerprint density at radius 2 is 1.79 bits per heavy atom. The Labute approximate surface area is 169 Å². The first-order valence-electron chi connectivity index (χ1n) is 9.32. The van der Waals surface area contributed by atoms with Crippen molar-refractivity contribution < 1.29 is 13.2 Å². The van der Waals surface area contributed by atoms with Crippen molar-refractivity contribution in [3.8, 4) is 5.75 Å². The summed E-state index contributed by atoms with van der Waals surface area (Å²) in [7, 11) is -3.45. The van der Waals surface area contributed by atoms with E-state index in [4.69, 9.17) is 9.72 Å². The van der Waals surface area contributed by atoms with Crippen LogP contribution in [0.2, 0.25) is 0 Å². The van der Waals surface area contributed by atoms with Crippen molar-refractivity contribution in [2.24, 2.45) is 0 Å². The molecule has 0 bridgehead atoms. The third-order valence-corrected chi connectivity index (χ3v) is 7.82. The second-order valence-corrected chi connectivity index (χ2v) is 9.71. The van der Waals surface area contributed by atoms with E-state index in [2.05, 4.69) is 4.90 Å². The Balaban J connectivity index is 1.48. The summed E-state index contributed by atoms with van der Waals surface area (Å²) in [6, 6.07) is 12.9. The van der Waals surface area contributed by atoms with Crippen molar-refractivity contribution in [3.05, 3.63) is 48.0 Å². The lowest BCUT2D eigenvalue weighted by atomic mass is 10.2. The summed E-state index contributed by atoms with van der Waals surface area (Å²) >= 11 is 1.62. The number of nitrogens with zero attached hydrogens (tertiary/aromatic N) is 3. The molecule has 2 heterocycles. The van der Waals surface area contributed by atoms with Crippen LogP contribution in [0.25, 0.3) is 10.2 Å². The lowest BCUT2D eigenvalue weighted by Crippen LogP contribution is -2.48. The third-order valence-electron chi connectivity index (χ3n) is 4.83. The van der Waals surface area contributed by atoms with E-state index >= 15 is 0 Å². The summed E-state index contributed by atoms with van der Waals surface area (Å²) in [5, 5.41) is 0.927. The van der Waals surface area contributed by atoms with E-state index in [0.29, 0.717) is 37.7 Å². The summed E-state index contributed by atoms with van der Waals surface area (Å²) in [6.07, 6.45) is 0. The van der Waals surface area contributed by atoms with Crippen molar-refractivity contribution in [3.63, 3.8) is 0 Å². The molecule has 0 amide bonds. The highest BCUT2D eigenvalue weighted by molar-refractivity contribution is 7.89. The topological polar surface area (TPSA) is 62.7 Å². The van der Waals surface area contributed by atoms with Gasteiger partial charge in [-0.3, -0.25) is 0 Å². The molecule has 6 nitrogen and oxygen atoms in total. The molecule has 0 unspecified atom stereocenters. The summed E-state index contributed by atoms with van der Waals surface area (Å²) in [6.45, 7) is 6.71. The largest absolute Gasteiger partial charge is 0.494 e. The van der Waals surface area contributed by atoms with Crippen LogP contribution in [0.4, 0.5) is 5.13 Å². The molecule has 148 valence electrons. The molecule has 0 N–H and O–H groups in total. The zero-order chi connectivity index (χ0) is 19.7. The fourth-order valence-corrected chi connectivity index (χ4v) is 5.73. The van der Waals surface area contributed by atoms with Crippen LogP contribution in [-0.4, -0.2) is 50.5 Å². The third kappa shape index (κ3) is 3.72. The molecule has 0 saturated carbocycles. The average Bonchev–Trinajstić information content (AvgIpc) is 3.12. The second kappa shape index (κ2) is 7.69. The zero-order valence-corrected chi connectivity index (χ0v) is 17.6. The van der Waals surface area contributed by atoms with Crippen LogP contribution in [0, 0.1) is 6.92 Å². The standard InChI is InChI=1S/C20H23N3O3S2/c1-3-26-16-6-9-18-19(14-16)27-20(21-18)22-10-12-23(13-11-22)28(24,25)17-7-4-15(2)5-8-17/h4-9,14H,3,10-13H2,1-2H3. The molecule has 0 radical (unpaired) electrons. The summed E-state index contributed by atoms with van der Waals surface area (Å²) < 4.78 is 33.9. The van der Waals surface area contributed by atoms with Crippen molar-refractivity contribution in [1.29, 1.82) is 0 Å². The van der Waals surface area contributed by atoms with Gasteiger partial charge in [-0.1, -0.05) is 29.0 Å². The number of rotatable bonds is 5. The number of benzene rings is 2. The molecule has 3 aromatic rings. The van der Waals surface area contributed by atoms with Crippen molar-refractivity contribution in [2.45, 2.75) is 18.7 Å². The van der Waals surface area contributed by atoms with Gasteiger partial charge in [-0.15, -0.1) is 0 Å². The van der Waals surface area contributed by atoms with Crippen LogP contribution in [0.3, 0.4) is 0 Å². The Hall–Kier alpha value is -2.16. The van der Waals surface area contributed by atoms with Crippen LogP contribution in [0.15, 0.2) is 47.4 Å². The van der Waals surface area contributed by atoms with E-state index < -0.39 is 10.0 Å². The van der Waals surface area contributed by atoms with E-state index in [9.17, 15) is 8.42 Å². The molecular weight excluding hydrogens is 394 g/mol. The molecule has 0 spiro atoms. The molecule has 1 saturated heterocycles. The smallest absolute Gasteiger partial charge is 0.243 e. The van der Waals surface area contributed by atoms with E-state index in [-0.39, 0.29) is 0 Å². The van der Waals surface area contributed by atoms with Crippen molar-refractivity contribution in [1.82, 2.24) is 9.29 Å². The summed E-state index contributed by atoms with van der Waals surface area (Å²) in [5.41, 5.74) is 1.99. The van der Waals surface area contributed by atoms with Crippen LogP contribution in [0.1, 0.15) is 12.5 Å².